The van der Waals surface area contributed by atoms with Crippen molar-refractivity contribution in [2.75, 3.05) is 11.6 Å². The highest BCUT2D eigenvalue weighted by Gasteiger charge is 2.16. The summed E-state index contributed by atoms with van der Waals surface area (Å²) in [6.45, 7) is 0. The second kappa shape index (κ2) is 6.51. The molecule has 1 aromatic carbocycles. The molecular formula is C13H9Cl2FN2O2S. The summed E-state index contributed by atoms with van der Waals surface area (Å²) in [6.07, 6.45) is 1.52. The zero-order chi connectivity index (χ0) is 15.6. The van der Waals surface area contributed by atoms with Gasteiger partial charge in [-0.15, -0.1) is 0 Å². The molecule has 1 aromatic heterocycles. The Labute approximate surface area is 132 Å². The van der Waals surface area contributed by atoms with Crippen molar-refractivity contribution in [1.29, 1.82) is 0 Å². The smallest absolute Gasteiger partial charge is 0.258 e. The number of hydrogen-bond donors (Lipinski definition) is 1. The Kier molecular flexibility index (Phi) is 4.92. The number of aromatic nitrogens is 1. The van der Waals surface area contributed by atoms with Crippen LogP contribution in [-0.2, 0) is 10.8 Å². The van der Waals surface area contributed by atoms with Crippen LogP contribution in [0.4, 0.5) is 10.1 Å². The maximum absolute atomic E-state index is 13.4. The third kappa shape index (κ3) is 3.78. The SMILES string of the molecule is C[S@](=O)c1cccc(NC(=O)c2cc(F)c(Cl)nc2Cl)c1. The van der Waals surface area contributed by atoms with E-state index in [1.165, 1.54) is 6.26 Å². The first-order valence-corrected chi connectivity index (χ1v) is 7.96. The molecule has 110 valence electrons. The van der Waals surface area contributed by atoms with Crippen LogP contribution in [0.15, 0.2) is 35.2 Å². The standard InChI is InChI=1S/C13H9Cl2FN2O2S/c1-21(20)8-4-2-3-7(5-8)17-13(19)9-6-10(16)12(15)18-11(9)14/h2-6H,1H3,(H,17,19)/t21-/m0/s1. The molecule has 1 N–H and O–H groups in total. The molecule has 2 aromatic rings. The number of nitrogens with one attached hydrogen (secondary N) is 1. The predicted molar refractivity (Wildman–Crippen MR) is 80.9 cm³/mol. The molecule has 0 fully saturated rings. The minimum Gasteiger partial charge on any atom is -0.322 e. The van der Waals surface area contributed by atoms with E-state index in [1.807, 2.05) is 0 Å². The molecule has 1 amide bonds. The molecule has 8 heteroatoms. The molecule has 1 heterocycles. The highest BCUT2D eigenvalue weighted by Crippen LogP contribution is 2.22. The average molecular weight is 347 g/mol. The fourth-order valence-electron chi connectivity index (χ4n) is 1.56. The number of carbonyl (C=O) groups is 1. The van der Waals surface area contributed by atoms with E-state index in [9.17, 15) is 13.4 Å². The molecule has 4 nitrogen and oxygen atoms in total. The summed E-state index contributed by atoms with van der Waals surface area (Å²) in [7, 11) is -1.18. The Balaban J connectivity index is 2.28. The first-order valence-electron chi connectivity index (χ1n) is 5.65. The van der Waals surface area contributed by atoms with E-state index in [0.717, 1.165) is 6.07 Å². The molecule has 2 rings (SSSR count). The van der Waals surface area contributed by atoms with Crippen LogP contribution < -0.4 is 5.32 Å². The van der Waals surface area contributed by atoms with Crippen molar-refractivity contribution in [2.45, 2.75) is 4.90 Å². The summed E-state index contributed by atoms with van der Waals surface area (Å²) in [5.41, 5.74) is 0.278. The molecule has 0 bridgehead atoms. The Morgan fingerprint density at radius 1 is 1.29 bits per heavy atom. The number of halogens is 3. The molecule has 21 heavy (non-hydrogen) atoms. The highest BCUT2D eigenvalue weighted by molar-refractivity contribution is 7.84. The van der Waals surface area contributed by atoms with Crippen molar-refractivity contribution in [3.8, 4) is 0 Å². The molecule has 0 saturated heterocycles. The average Bonchev–Trinajstić information content (AvgIpc) is 2.43. The second-order valence-corrected chi connectivity index (χ2v) is 6.13. The van der Waals surface area contributed by atoms with Crippen molar-refractivity contribution in [3.63, 3.8) is 0 Å². The zero-order valence-corrected chi connectivity index (χ0v) is 13.0. The van der Waals surface area contributed by atoms with Crippen LogP contribution in [0, 0.1) is 5.82 Å². The lowest BCUT2D eigenvalue weighted by molar-refractivity contribution is 0.102. The topological polar surface area (TPSA) is 59.1 Å². The van der Waals surface area contributed by atoms with Gasteiger partial charge in [0, 0.05) is 27.6 Å². The lowest BCUT2D eigenvalue weighted by Gasteiger charge is -2.08. The van der Waals surface area contributed by atoms with Gasteiger partial charge >= 0.3 is 0 Å². The predicted octanol–water partition coefficient (Wildman–Crippen LogP) is 3.52. The summed E-state index contributed by atoms with van der Waals surface area (Å²) < 4.78 is 24.7. The summed E-state index contributed by atoms with van der Waals surface area (Å²) in [6, 6.07) is 7.40. The monoisotopic (exact) mass is 346 g/mol. The van der Waals surface area contributed by atoms with Crippen molar-refractivity contribution in [2.24, 2.45) is 0 Å². The maximum Gasteiger partial charge on any atom is 0.258 e. The Morgan fingerprint density at radius 3 is 2.67 bits per heavy atom. The Bertz CT molecular complexity index is 740. The first kappa shape index (κ1) is 15.9. The van der Waals surface area contributed by atoms with Crippen molar-refractivity contribution in [3.05, 3.63) is 52.0 Å². The van der Waals surface area contributed by atoms with E-state index in [0.29, 0.717) is 10.6 Å². The lowest BCUT2D eigenvalue weighted by Crippen LogP contribution is -2.14. The normalized spacial score (nSPS) is 12.0. The van der Waals surface area contributed by atoms with E-state index < -0.39 is 27.7 Å². The van der Waals surface area contributed by atoms with E-state index in [4.69, 9.17) is 23.2 Å². The van der Waals surface area contributed by atoms with Gasteiger partial charge in [-0.1, -0.05) is 29.3 Å². The molecule has 0 aliphatic carbocycles. The van der Waals surface area contributed by atoms with Crippen molar-refractivity contribution >= 4 is 45.6 Å². The quantitative estimate of drug-likeness (QED) is 0.865. The Morgan fingerprint density at radius 2 is 2.00 bits per heavy atom. The number of amides is 1. The molecule has 0 radical (unpaired) electrons. The molecule has 0 saturated carbocycles. The molecule has 0 unspecified atom stereocenters. The van der Waals surface area contributed by atoms with Crippen LogP contribution in [0.25, 0.3) is 0 Å². The summed E-state index contributed by atoms with van der Waals surface area (Å²) in [5.74, 6) is -1.48. The molecule has 1 atom stereocenters. The summed E-state index contributed by atoms with van der Waals surface area (Å²) >= 11 is 11.2. The number of anilines is 1. The molecule has 0 aliphatic heterocycles. The maximum atomic E-state index is 13.4. The van der Waals surface area contributed by atoms with Gasteiger partial charge in [0.25, 0.3) is 5.91 Å². The van der Waals surface area contributed by atoms with Gasteiger partial charge in [0.1, 0.15) is 5.15 Å². The van der Waals surface area contributed by atoms with E-state index in [2.05, 4.69) is 10.3 Å². The minimum atomic E-state index is -1.18. The third-order valence-electron chi connectivity index (χ3n) is 2.56. The van der Waals surface area contributed by atoms with Crippen LogP contribution in [0.5, 0.6) is 0 Å². The third-order valence-corrected chi connectivity index (χ3v) is 4.03. The number of carbonyl (C=O) groups excluding carboxylic acids is 1. The van der Waals surface area contributed by atoms with Gasteiger partial charge in [0.05, 0.1) is 5.56 Å². The van der Waals surface area contributed by atoms with E-state index in [-0.39, 0.29) is 10.7 Å². The first-order chi connectivity index (χ1) is 9.88. The fraction of sp³-hybridized carbons (Fsp3) is 0.0769. The number of nitrogens with zero attached hydrogens (tertiary/aromatic N) is 1. The Hall–Kier alpha value is -1.50. The van der Waals surface area contributed by atoms with Crippen LogP contribution in [-0.4, -0.2) is 21.4 Å². The minimum absolute atomic E-state index is 0.137. The fourth-order valence-corrected chi connectivity index (χ4v) is 2.53. The summed E-state index contributed by atoms with van der Waals surface area (Å²) in [5, 5.41) is 1.93. The number of benzene rings is 1. The molecule has 0 spiro atoms. The highest BCUT2D eigenvalue weighted by atomic mass is 35.5. The molecule has 0 aliphatic rings. The molecular weight excluding hydrogens is 338 g/mol. The van der Waals surface area contributed by atoms with Gasteiger partial charge in [-0.3, -0.25) is 9.00 Å². The van der Waals surface area contributed by atoms with E-state index >= 15 is 0 Å². The van der Waals surface area contributed by atoms with Crippen LogP contribution in [0.1, 0.15) is 10.4 Å². The van der Waals surface area contributed by atoms with Crippen LogP contribution in [0.3, 0.4) is 0 Å². The van der Waals surface area contributed by atoms with Crippen LogP contribution >= 0.6 is 23.2 Å². The van der Waals surface area contributed by atoms with Gasteiger partial charge in [0.2, 0.25) is 0 Å². The zero-order valence-electron chi connectivity index (χ0n) is 10.7. The van der Waals surface area contributed by atoms with Gasteiger partial charge in [-0.25, -0.2) is 9.37 Å². The van der Waals surface area contributed by atoms with Crippen molar-refractivity contribution < 1.29 is 13.4 Å². The lowest BCUT2D eigenvalue weighted by atomic mass is 10.2. The van der Waals surface area contributed by atoms with Gasteiger partial charge < -0.3 is 5.32 Å². The number of hydrogen-bond acceptors (Lipinski definition) is 3. The number of pyridine rings is 1. The van der Waals surface area contributed by atoms with Crippen LogP contribution in [0.2, 0.25) is 10.3 Å². The van der Waals surface area contributed by atoms with Gasteiger partial charge in [-0.05, 0) is 24.3 Å². The van der Waals surface area contributed by atoms with Gasteiger partial charge in [0.15, 0.2) is 11.0 Å². The van der Waals surface area contributed by atoms with E-state index in [1.54, 1.807) is 24.3 Å². The number of rotatable bonds is 3. The largest absolute Gasteiger partial charge is 0.322 e. The van der Waals surface area contributed by atoms with Gasteiger partial charge in [-0.2, -0.15) is 0 Å². The summed E-state index contributed by atoms with van der Waals surface area (Å²) in [4.78, 5) is 16.1. The van der Waals surface area contributed by atoms with Crippen molar-refractivity contribution in [1.82, 2.24) is 4.98 Å². The second-order valence-electron chi connectivity index (χ2n) is 4.04.